The van der Waals surface area contributed by atoms with Gasteiger partial charge in [0.25, 0.3) is 0 Å². The molecule has 1 heterocycles. The van der Waals surface area contributed by atoms with E-state index in [1.807, 2.05) is 11.3 Å². The smallest absolute Gasteiger partial charge is 0.0156 e. The first-order chi connectivity index (χ1) is 10.2. The van der Waals surface area contributed by atoms with Gasteiger partial charge >= 0.3 is 0 Å². The molecule has 0 aliphatic heterocycles. The maximum absolute atomic E-state index is 3.73. The lowest BCUT2D eigenvalue weighted by Gasteiger charge is -2.19. The largest absolute Gasteiger partial charge is 0.313 e. The van der Waals surface area contributed by atoms with Crippen LogP contribution in [0, 0.1) is 6.92 Å². The number of benzene rings is 1. The summed E-state index contributed by atoms with van der Waals surface area (Å²) in [5.41, 5.74) is 2.87. The Hall–Kier alpha value is -1.12. The first kappa shape index (κ1) is 16.3. The third-order valence-corrected chi connectivity index (χ3v) is 5.18. The van der Waals surface area contributed by atoms with Crippen LogP contribution in [0.15, 0.2) is 36.4 Å². The highest BCUT2D eigenvalue weighted by Crippen LogP contribution is 2.20. The summed E-state index contributed by atoms with van der Waals surface area (Å²) in [6.07, 6.45) is 4.59. The van der Waals surface area contributed by atoms with Gasteiger partial charge < -0.3 is 5.32 Å². The first-order valence-corrected chi connectivity index (χ1v) is 8.90. The van der Waals surface area contributed by atoms with Crippen molar-refractivity contribution in [2.75, 3.05) is 6.54 Å². The van der Waals surface area contributed by atoms with Crippen LogP contribution in [0.2, 0.25) is 0 Å². The van der Waals surface area contributed by atoms with E-state index in [4.69, 9.17) is 0 Å². The minimum atomic E-state index is 0.536. The second-order valence-electron chi connectivity index (χ2n) is 5.71. The van der Waals surface area contributed by atoms with Crippen molar-refractivity contribution in [3.8, 4) is 0 Å². The summed E-state index contributed by atoms with van der Waals surface area (Å²) in [6, 6.07) is 13.9. The molecule has 1 atom stereocenters. The maximum Gasteiger partial charge on any atom is 0.0156 e. The van der Waals surface area contributed by atoms with Gasteiger partial charge in [-0.1, -0.05) is 38.1 Å². The molecule has 0 aliphatic carbocycles. The number of rotatable bonds is 8. The van der Waals surface area contributed by atoms with E-state index in [-0.39, 0.29) is 0 Å². The van der Waals surface area contributed by atoms with Gasteiger partial charge in [0.1, 0.15) is 0 Å². The van der Waals surface area contributed by atoms with E-state index in [2.05, 4.69) is 62.5 Å². The van der Waals surface area contributed by atoms with Gasteiger partial charge in [-0.25, -0.2) is 0 Å². The Kier molecular flexibility index (Phi) is 6.47. The van der Waals surface area contributed by atoms with Crippen LogP contribution < -0.4 is 5.32 Å². The molecule has 1 unspecified atom stereocenters. The van der Waals surface area contributed by atoms with Crippen LogP contribution in [-0.2, 0) is 19.3 Å². The Morgan fingerprint density at radius 2 is 1.76 bits per heavy atom. The van der Waals surface area contributed by atoms with Crippen LogP contribution in [0.5, 0.6) is 0 Å². The van der Waals surface area contributed by atoms with E-state index in [0.29, 0.717) is 6.04 Å². The molecule has 21 heavy (non-hydrogen) atoms. The van der Waals surface area contributed by atoms with Crippen molar-refractivity contribution in [2.45, 2.75) is 52.5 Å². The van der Waals surface area contributed by atoms with Crippen molar-refractivity contribution in [3.63, 3.8) is 0 Å². The summed E-state index contributed by atoms with van der Waals surface area (Å²) < 4.78 is 0. The standard InChI is InChI=1S/C19H27NS/c1-4-12-20-17(13-16-9-7-6-8-15(16)3)14-19-11-10-18(5-2)21-19/h6-11,17,20H,4-5,12-14H2,1-3H3. The van der Waals surface area contributed by atoms with Crippen molar-refractivity contribution in [1.82, 2.24) is 5.32 Å². The molecule has 1 aromatic carbocycles. The lowest BCUT2D eigenvalue weighted by molar-refractivity contribution is 0.506. The minimum Gasteiger partial charge on any atom is -0.313 e. The molecule has 0 fully saturated rings. The molecule has 0 bridgehead atoms. The highest BCUT2D eigenvalue weighted by atomic mass is 32.1. The molecule has 2 heteroatoms. The fourth-order valence-corrected chi connectivity index (χ4v) is 3.67. The van der Waals surface area contributed by atoms with Crippen LogP contribution >= 0.6 is 11.3 Å². The molecule has 0 radical (unpaired) electrons. The number of hydrogen-bond acceptors (Lipinski definition) is 2. The summed E-state index contributed by atoms with van der Waals surface area (Å²) in [6.45, 7) is 7.78. The van der Waals surface area contributed by atoms with Gasteiger partial charge in [-0.15, -0.1) is 11.3 Å². The van der Waals surface area contributed by atoms with E-state index >= 15 is 0 Å². The average Bonchev–Trinajstić information content (AvgIpc) is 2.94. The number of thiophene rings is 1. The molecule has 0 saturated carbocycles. The summed E-state index contributed by atoms with van der Waals surface area (Å²) >= 11 is 1.97. The molecular formula is C19H27NS. The predicted molar refractivity (Wildman–Crippen MR) is 94.4 cm³/mol. The molecule has 0 aliphatic rings. The minimum absolute atomic E-state index is 0.536. The molecule has 1 N–H and O–H groups in total. The van der Waals surface area contributed by atoms with Crippen molar-refractivity contribution < 1.29 is 0 Å². The highest BCUT2D eigenvalue weighted by molar-refractivity contribution is 7.11. The molecule has 1 aromatic heterocycles. The Morgan fingerprint density at radius 1 is 1.00 bits per heavy atom. The molecule has 2 rings (SSSR count). The Balaban J connectivity index is 2.05. The maximum atomic E-state index is 3.73. The number of hydrogen-bond donors (Lipinski definition) is 1. The second kappa shape index (κ2) is 8.35. The zero-order valence-corrected chi connectivity index (χ0v) is 14.3. The van der Waals surface area contributed by atoms with E-state index in [0.717, 1.165) is 25.8 Å². The van der Waals surface area contributed by atoms with E-state index in [1.54, 1.807) is 0 Å². The highest BCUT2D eigenvalue weighted by Gasteiger charge is 2.12. The molecule has 1 nitrogen and oxygen atoms in total. The molecular weight excluding hydrogens is 274 g/mol. The van der Waals surface area contributed by atoms with E-state index in [1.165, 1.54) is 27.3 Å². The van der Waals surface area contributed by atoms with E-state index < -0.39 is 0 Å². The fraction of sp³-hybridized carbons (Fsp3) is 0.474. The number of aryl methyl sites for hydroxylation is 2. The summed E-state index contributed by atoms with van der Waals surface area (Å²) in [5.74, 6) is 0. The normalized spacial score (nSPS) is 12.5. The van der Waals surface area contributed by atoms with Crippen LogP contribution in [0.3, 0.4) is 0 Å². The second-order valence-corrected chi connectivity index (χ2v) is 6.96. The monoisotopic (exact) mass is 301 g/mol. The van der Waals surface area contributed by atoms with Crippen molar-refractivity contribution in [3.05, 3.63) is 57.3 Å². The Bertz CT molecular complexity index is 544. The van der Waals surface area contributed by atoms with Gasteiger partial charge in [-0.05, 0) is 62.4 Å². The van der Waals surface area contributed by atoms with Crippen LogP contribution in [0.1, 0.15) is 41.1 Å². The van der Waals surface area contributed by atoms with Crippen LogP contribution in [-0.4, -0.2) is 12.6 Å². The fourth-order valence-electron chi connectivity index (χ4n) is 2.63. The molecule has 0 saturated heterocycles. The molecule has 0 amide bonds. The summed E-state index contributed by atoms with van der Waals surface area (Å²) in [7, 11) is 0. The Morgan fingerprint density at radius 3 is 2.43 bits per heavy atom. The van der Waals surface area contributed by atoms with Crippen LogP contribution in [0.25, 0.3) is 0 Å². The molecule has 0 spiro atoms. The van der Waals surface area contributed by atoms with Crippen molar-refractivity contribution in [2.24, 2.45) is 0 Å². The summed E-state index contributed by atoms with van der Waals surface area (Å²) in [4.78, 5) is 3.00. The van der Waals surface area contributed by atoms with Gasteiger partial charge in [0.05, 0.1) is 0 Å². The lowest BCUT2D eigenvalue weighted by Crippen LogP contribution is -2.33. The van der Waals surface area contributed by atoms with Crippen molar-refractivity contribution in [1.29, 1.82) is 0 Å². The van der Waals surface area contributed by atoms with Gasteiger partial charge in [-0.3, -0.25) is 0 Å². The number of nitrogens with one attached hydrogen (secondary N) is 1. The van der Waals surface area contributed by atoms with Gasteiger partial charge in [0.15, 0.2) is 0 Å². The van der Waals surface area contributed by atoms with Gasteiger partial charge in [-0.2, -0.15) is 0 Å². The Labute approximate surface area is 133 Å². The molecule has 114 valence electrons. The molecule has 2 aromatic rings. The van der Waals surface area contributed by atoms with Crippen LogP contribution in [0.4, 0.5) is 0 Å². The topological polar surface area (TPSA) is 12.0 Å². The van der Waals surface area contributed by atoms with E-state index in [9.17, 15) is 0 Å². The third-order valence-electron chi connectivity index (χ3n) is 3.92. The zero-order chi connectivity index (χ0) is 15.1. The van der Waals surface area contributed by atoms with Gasteiger partial charge in [0, 0.05) is 15.8 Å². The predicted octanol–water partition coefficient (Wildman–Crippen LogP) is 4.77. The SMILES string of the molecule is CCCNC(Cc1ccc(CC)s1)Cc1ccccc1C. The average molecular weight is 301 g/mol. The summed E-state index contributed by atoms with van der Waals surface area (Å²) in [5, 5.41) is 3.73. The van der Waals surface area contributed by atoms with Crippen molar-refractivity contribution >= 4 is 11.3 Å². The first-order valence-electron chi connectivity index (χ1n) is 8.08. The van der Waals surface area contributed by atoms with Gasteiger partial charge in [0.2, 0.25) is 0 Å². The zero-order valence-electron chi connectivity index (χ0n) is 13.5. The lowest BCUT2D eigenvalue weighted by atomic mass is 9.98. The third kappa shape index (κ3) is 4.98. The quantitative estimate of drug-likeness (QED) is 0.740.